The second-order valence-corrected chi connectivity index (χ2v) is 5.60. The fourth-order valence-electron chi connectivity index (χ4n) is 2.62. The van der Waals surface area contributed by atoms with Crippen LogP contribution in [-0.4, -0.2) is 21.2 Å². The minimum absolute atomic E-state index is 0.385. The molecule has 1 aliphatic heterocycles. The largest absolute Gasteiger partial charge is 0.305 e. The van der Waals surface area contributed by atoms with Crippen LogP contribution in [0.2, 0.25) is 5.02 Å². The standard InChI is InChI=1S/C17H10ClN3O2/c18-10-5-6-15-19-11(9-21(15)8-10)7-14-12-3-1-2-4-13(12)16(22)20-17(14)23/h1-9H,(H,20,22,23)/b14-7+. The van der Waals surface area contributed by atoms with E-state index in [0.29, 0.717) is 27.4 Å². The van der Waals surface area contributed by atoms with Crippen molar-refractivity contribution in [1.29, 1.82) is 0 Å². The molecule has 0 aliphatic carbocycles. The van der Waals surface area contributed by atoms with Gasteiger partial charge in [0.05, 0.1) is 16.3 Å². The van der Waals surface area contributed by atoms with E-state index in [2.05, 4.69) is 10.3 Å². The van der Waals surface area contributed by atoms with Crippen LogP contribution in [0.15, 0.2) is 48.8 Å². The molecule has 0 atom stereocenters. The van der Waals surface area contributed by atoms with Gasteiger partial charge in [0.25, 0.3) is 11.8 Å². The summed E-state index contributed by atoms with van der Waals surface area (Å²) in [5.74, 6) is -0.812. The molecule has 1 aromatic carbocycles. The van der Waals surface area contributed by atoms with Gasteiger partial charge in [0.15, 0.2) is 0 Å². The van der Waals surface area contributed by atoms with E-state index in [4.69, 9.17) is 11.6 Å². The number of rotatable bonds is 1. The molecular formula is C17H10ClN3O2. The zero-order valence-corrected chi connectivity index (χ0v) is 12.5. The first-order valence-electron chi connectivity index (χ1n) is 6.93. The molecule has 0 fully saturated rings. The Bertz CT molecular complexity index is 1000. The quantitative estimate of drug-likeness (QED) is 0.553. The van der Waals surface area contributed by atoms with Gasteiger partial charge in [-0.2, -0.15) is 0 Å². The molecule has 2 amide bonds. The third-order valence-electron chi connectivity index (χ3n) is 3.66. The number of imidazole rings is 1. The Balaban J connectivity index is 1.87. The first-order chi connectivity index (χ1) is 11.1. The lowest BCUT2D eigenvalue weighted by molar-refractivity contribution is -0.114. The number of carbonyl (C=O) groups excluding carboxylic acids is 2. The van der Waals surface area contributed by atoms with Gasteiger partial charge in [-0.1, -0.05) is 29.8 Å². The Morgan fingerprint density at radius 1 is 1.00 bits per heavy atom. The Morgan fingerprint density at radius 3 is 2.61 bits per heavy atom. The topological polar surface area (TPSA) is 63.5 Å². The van der Waals surface area contributed by atoms with Gasteiger partial charge < -0.3 is 4.40 Å². The van der Waals surface area contributed by atoms with Crippen molar-refractivity contribution in [3.8, 4) is 0 Å². The summed E-state index contributed by atoms with van der Waals surface area (Å²) >= 11 is 5.96. The molecule has 0 radical (unpaired) electrons. The molecule has 2 aromatic heterocycles. The Kier molecular flexibility index (Phi) is 3.02. The van der Waals surface area contributed by atoms with Gasteiger partial charge in [-0.05, 0) is 24.3 Å². The molecule has 0 saturated heterocycles. The van der Waals surface area contributed by atoms with Gasteiger partial charge in [-0.3, -0.25) is 14.9 Å². The maximum Gasteiger partial charge on any atom is 0.258 e. The molecule has 112 valence electrons. The van der Waals surface area contributed by atoms with Crippen LogP contribution in [0, 0.1) is 0 Å². The highest BCUT2D eigenvalue weighted by Crippen LogP contribution is 2.26. The number of amides is 2. The second kappa shape index (κ2) is 5.07. The lowest BCUT2D eigenvalue weighted by atomic mass is 9.94. The van der Waals surface area contributed by atoms with Crippen LogP contribution in [0.4, 0.5) is 0 Å². The van der Waals surface area contributed by atoms with Crippen LogP contribution < -0.4 is 5.32 Å². The van der Waals surface area contributed by atoms with Crippen molar-refractivity contribution in [2.75, 3.05) is 0 Å². The lowest BCUT2D eigenvalue weighted by Gasteiger charge is -2.17. The molecule has 3 heterocycles. The van der Waals surface area contributed by atoms with E-state index in [1.165, 1.54) is 0 Å². The number of aromatic nitrogens is 2. The number of hydrogen-bond donors (Lipinski definition) is 1. The van der Waals surface area contributed by atoms with Gasteiger partial charge in [-0.15, -0.1) is 0 Å². The fourth-order valence-corrected chi connectivity index (χ4v) is 2.79. The summed E-state index contributed by atoms with van der Waals surface area (Å²) in [5.41, 5.74) is 2.83. The van der Waals surface area contributed by atoms with Gasteiger partial charge in [-0.25, -0.2) is 4.98 Å². The van der Waals surface area contributed by atoms with Crippen molar-refractivity contribution in [3.63, 3.8) is 0 Å². The monoisotopic (exact) mass is 323 g/mol. The highest BCUT2D eigenvalue weighted by molar-refractivity contribution is 6.33. The summed E-state index contributed by atoms with van der Waals surface area (Å²) in [6.07, 6.45) is 5.19. The summed E-state index contributed by atoms with van der Waals surface area (Å²) in [7, 11) is 0. The van der Waals surface area contributed by atoms with E-state index in [9.17, 15) is 9.59 Å². The molecular weight excluding hydrogens is 314 g/mol. The van der Waals surface area contributed by atoms with E-state index in [1.807, 2.05) is 0 Å². The molecule has 3 aromatic rings. The number of nitrogens with zero attached hydrogens (tertiary/aromatic N) is 2. The highest BCUT2D eigenvalue weighted by Gasteiger charge is 2.26. The van der Waals surface area contributed by atoms with Crippen LogP contribution in [0.3, 0.4) is 0 Å². The Hall–Kier alpha value is -2.92. The number of fused-ring (bicyclic) bond motifs is 2. The van der Waals surface area contributed by atoms with E-state index in [1.54, 1.807) is 59.3 Å². The van der Waals surface area contributed by atoms with Crippen molar-refractivity contribution in [2.24, 2.45) is 0 Å². The predicted octanol–water partition coefficient (Wildman–Crippen LogP) is 2.80. The summed E-state index contributed by atoms with van der Waals surface area (Å²) in [5, 5.41) is 2.94. The molecule has 1 N–H and O–H groups in total. The average molecular weight is 324 g/mol. The minimum atomic E-state index is -0.427. The third-order valence-corrected chi connectivity index (χ3v) is 3.88. The molecule has 0 saturated carbocycles. The number of nitrogens with one attached hydrogen (secondary N) is 1. The number of halogens is 1. The minimum Gasteiger partial charge on any atom is -0.305 e. The van der Waals surface area contributed by atoms with Gasteiger partial charge >= 0.3 is 0 Å². The molecule has 1 aliphatic rings. The normalized spacial score (nSPS) is 15.8. The van der Waals surface area contributed by atoms with Crippen LogP contribution in [0.25, 0.3) is 17.3 Å². The summed E-state index contributed by atoms with van der Waals surface area (Å²) < 4.78 is 1.78. The molecule has 0 unspecified atom stereocenters. The van der Waals surface area contributed by atoms with E-state index in [0.717, 1.165) is 5.65 Å². The second-order valence-electron chi connectivity index (χ2n) is 5.17. The maximum atomic E-state index is 12.2. The first-order valence-corrected chi connectivity index (χ1v) is 7.31. The van der Waals surface area contributed by atoms with Crippen LogP contribution >= 0.6 is 11.6 Å². The Morgan fingerprint density at radius 2 is 1.78 bits per heavy atom. The van der Waals surface area contributed by atoms with E-state index in [-0.39, 0.29) is 5.91 Å². The van der Waals surface area contributed by atoms with E-state index >= 15 is 0 Å². The summed E-state index contributed by atoms with van der Waals surface area (Å²) in [4.78, 5) is 28.5. The smallest absolute Gasteiger partial charge is 0.258 e. The van der Waals surface area contributed by atoms with Gasteiger partial charge in [0.1, 0.15) is 5.65 Å². The molecule has 5 nitrogen and oxygen atoms in total. The number of benzene rings is 1. The SMILES string of the molecule is O=C1NC(=O)c2ccccc2/C1=C\c1cn2cc(Cl)ccc2n1. The first kappa shape index (κ1) is 13.7. The van der Waals surface area contributed by atoms with Crippen LogP contribution in [0.1, 0.15) is 21.6 Å². The lowest BCUT2D eigenvalue weighted by Crippen LogP contribution is -2.36. The zero-order chi connectivity index (χ0) is 16.0. The predicted molar refractivity (Wildman–Crippen MR) is 87.0 cm³/mol. The summed E-state index contributed by atoms with van der Waals surface area (Å²) in [6, 6.07) is 10.5. The molecule has 0 bridgehead atoms. The number of imide groups is 1. The molecule has 6 heteroatoms. The van der Waals surface area contributed by atoms with Gasteiger partial charge in [0, 0.05) is 23.5 Å². The molecule has 23 heavy (non-hydrogen) atoms. The zero-order valence-electron chi connectivity index (χ0n) is 11.8. The number of hydrogen-bond acceptors (Lipinski definition) is 3. The van der Waals surface area contributed by atoms with E-state index < -0.39 is 5.91 Å². The number of carbonyl (C=O) groups is 2. The van der Waals surface area contributed by atoms with Crippen LogP contribution in [-0.2, 0) is 4.79 Å². The van der Waals surface area contributed by atoms with Crippen LogP contribution in [0.5, 0.6) is 0 Å². The Labute approximate surface area is 136 Å². The van der Waals surface area contributed by atoms with Crippen molar-refractivity contribution in [3.05, 3.63) is 70.6 Å². The average Bonchev–Trinajstić information content (AvgIpc) is 2.93. The number of pyridine rings is 1. The molecule has 0 spiro atoms. The summed E-state index contributed by atoms with van der Waals surface area (Å²) in [6.45, 7) is 0. The molecule has 4 rings (SSSR count). The maximum absolute atomic E-state index is 12.2. The van der Waals surface area contributed by atoms with Crippen molar-refractivity contribution < 1.29 is 9.59 Å². The third kappa shape index (κ3) is 2.31. The highest BCUT2D eigenvalue weighted by atomic mass is 35.5. The fraction of sp³-hybridized carbons (Fsp3) is 0. The van der Waals surface area contributed by atoms with Crippen molar-refractivity contribution >= 4 is 40.7 Å². The van der Waals surface area contributed by atoms with Gasteiger partial charge in [0.2, 0.25) is 0 Å². The van der Waals surface area contributed by atoms with Crippen molar-refractivity contribution in [1.82, 2.24) is 14.7 Å². The van der Waals surface area contributed by atoms with Crippen molar-refractivity contribution in [2.45, 2.75) is 0 Å².